The number of halogens is 4. The van der Waals surface area contributed by atoms with Gasteiger partial charge in [0, 0.05) is 22.3 Å². The highest BCUT2D eigenvalue weighted by Gasteiger charge is 2.34. The van der Waals surface area contributed by atoms with Crippen molar-refractivity contribution in [3.05, 3.63) is 59.1 Å². The summed E-state index contributed by atoms with van der Waals surface area (Å²) in [6, 6.07) is 3.73. The van der Waals surface area contributed by atoms with E-state index in [1.54, 1.807) is 25.4 Å². The lowest BCUT2D eigenvalue weighted by Gasteiger charge is -2.17. The maximum atomic E-state index is 13.4. The van der Waals surface area contributed by atoms with Crippen LogP contribution in [0.4, 0.5) is 19.0 Å². The van der Waals surface area contributed by atoms with Crippen LogP contribution < -0.4 is 5.32 Å². The van der Waals surface area contributed by atoms with Crippen LogP contribution in [0.5, 0.6) is 0 Å². The van der Waals surface area contributed by atoms with Gasteiger partial charge in [-0.3, -0.25) is 0 Å². The van der Waals surface area contributed by atoms with Gasteiger partial charge in [-0.15, -0.1) is 0 Å². The number of rotatable bonds is 4. The molecule has 29 heavy (non-hydrogen) atoms. The van der Waals surface area contributed by atoms with E-state index in [-0.39, 0.29) is 21.2 Å². The average molecular weight is 465 g/mol. The van der Waals surface area contributed by atoms with Crippen molar-refractivity contribution in [1.82, 2.24) is 34.7 Å². The van der Waals surface area contributed by atoms with E-state index in [1.807, 2.05) is 0 Å². The molecule has 0 saturated carbocycles. The van der Waals surface area contributed by atoms with E-state index in [2.05, 4.69) is 51.3 Å². The second-order valence-electron chi connectivity index (χ2n) is 6.01. The van der Waals surface area contributed by atoms with E-state index in [1.165, 1.54) is 17.1 Å². The summed E-state index contributed by atoms with van der Waals surface area (Å²) in [7, 11) is 0. The van der Waals surface area contributed by atoms with Crippen LogP contribution in [0.15, 0.2) is 47.7 Å². The second-order valence-corrected chi connectivity index (χ2v) is 6.93. The summed E-state index contributed by atoms with van der Waals surface area (Å²) in [5.41, 5.74) is -1.04. The first kappa shape index (κ1) is 19.2. The Labute approximate surface area is 170 Å². The summed E-state index contributed by atoms with van der Waals surface area (Å²) in [6.45, 7) is 1.78. The number of fused-ring (bicyclic) bond motifs is 1. The van der Waals surface area contributed by atoms with Gasteiger partial charge in [-0.05, 0) is 25.1 Å². The van der Waals surface area contributed by atoms with Crippen molar-refractivity contribution in [2.75, 3.05) is 5.32 Å². The van der Waals surface area contributed by atoms with Crippen LogP contribution in [-0.4, -0.2) is 34.7 Å². The zero-order chi connectivity index (χ0) is 20.6. The van der Waals surface area contributed by atoms with Crippen LogP contribution in [0.3, 0.4) is 0 Å². The molecule has 12 heteroatoms. The molecule has 3 aromatic heterocycles. The highest BCUT2D eigenvalue weighted by molar-refractivity contribution is 9.10. The fourth-order valence-corrected chi connectivity index (χ4v) is 3.29. The van der Waals surface area contributed by atoms with Gasteiger partial charge in [0.1, 0.15) is 18.5 Å². The largest absolute Gasteiger partial charge is 0.418 e. The van der Waals surface area contributed by atoms with Crippen LogP contribution in [0.25, 0.3) is 16.9 Å². The average Bonchev–Trinajstić information content (AvgIpc) is 3.18. The van der Waals surface area contributed by atoms with Crippen LogP contribution in [0.1, 0.15) is 24.4 Å². The third-order valence-electron chi connectivity index (χ3n) is 4.07. The Morgan fingerprint density at radius 3 is 2.52 bits per heavy atom. The second kappa shape index (κ2) is 7.35. The maximum Gasteiger partial charge on any atom is 0.418 e. The number of nitrogens with one attached hydrogen (secondary N) is 1. The van der Waals surface area contributed by atoms with E-state index in [4.69, 9.17) is 0 Å². The molecule has 4 rings (SSSR count). The van der Waals surface area contributed by atoms with Gasteiger partial charge in [-0.2, -0.15) is 23.0 Å². The monoisotopic (exact) mass is 464 g/mol. The van der Waals surface area contributed by atoms with Crippen molar-refractivity contribution in [3.8, 4) is 5.95 Å². The van der Waals surface area contributed by atoms with Gasteiger partial charge in [0.15, 0.2) is 5.82 Å². The first-order chi connectivity index (χ1) is 13.8. The predicted octanol–water partition coefficient (Wildman–Crippen LogP) is 3.95. The quantitative estimate of drug-likeness (QED) is 0.488. The molecule has 1 atom stereocenters. The molecule has 0 radical (unpaired) electrons. The van der Waals surface area contributed by atoms with Gasteiger partial charge in [-0.25, -0.2) is 24.9 Å². The SMILES string of the molecule is CC(Nc1ncnc2c(C(F)(F)F)cc(Br)cc12)c1ncnn1-c1ncccn1. The van der Waals surface area contributed by atoms with Crippen molar-refractivity contribution in [1.29, 1.82) is 0 Å². The van der Waals surface area contributed by atoms with Crippen molar-refractivity contribution in [2.24, 2.45) is 0 Å². The van der Waals surface area contributed by atoms with Gasteiger partial charge in [0.25, 0.3) is 5.95 Å². The molecule has 8 nitrogen and oxygen atoms in total. The Morgan fingerprint density at radius 1 is 1.03 bits per heavy atom. The number of benzene rings is 1. The van der Waals surface area contributed by atoms with Gasteiger partial charge < -0.3 is 5.32 Å². The highest BCUT2D eigenvalue weighted by Crippen LogP contribution is 2.38. The highest BCUT2D eigenvalue weighted by atomic mass is 79.9. The van der Waals surface area contributed by atoms with E-state index >= 15 is 0 Å². The van der Waals surface area contributed by atoms with Crippen molar-refractivity contribution < 1.29 is 13.2 Å². The lowest BCUT2D eigenvalue weighted by Crippen LogP contribution is -2.16. The molecule has 1 unspecified atom stereocenters. The maximum absolute atomic E-state index is 13.4. The number of aromatic nitrogens is 7. The number of alkyl halides is 3. The summed E-state index contributed by atoms with van der Waals surface area (Å²) in [5.74, 6) is 1.02. The summed E-state index contributed by atoms with van der Waals surface area (Å²) in [5, 5.41) is 7.43. The van der Waals surface area contributed by atoms with Gasteiger partial charge in [0.2, 0.25) is 0 Å². The lowest BCUT2D eigenvalue weighted by molar-refractivity contribution is -0.136. The molecule has 1 aromatic carbocycles. The molecule has 148 valence electrons. The minimum atomic E-state index is -4.55. The van der Waals surface area contributed by atoms with Crippen LogP contribution >= 0.6 is 15.9 Å². The zero-order valence-electron chi connectivity index (χ0n) is 14.8. The number of hydrogen-bond donors (Lipinski definition) is 1. The lowest BCUT2D eigenvalue weighted by atomic mass is 10.1. The van der Waals surface area contributed by atoms with Crippen LogP contribution in [0, 0.1) is 0 Å². The molecule has 0 aliphatic carbocycles. The van der Waals surface area contributed by atoms with E-state index < -0.39 is 17.8 Å². The third kappa shape index (κ3) is 3.75. The van der Waals surface area contributed by atoms with Gasteiger partial charge in [0.05, 0.1) is 17.1 Å². The van der Waals surface area contributed by atoms with E-state index in [0.29, 0.717) is 11.8 Å². The first-order valence-corrected chi connectivity index (χ1v) is 9.09. The summed E-state index contributed by atoms with van der Waals surface area (Å²) in [4.78, 5) is 20.5. The minimum Gasteiger partial charge on any atom is -0.360 e. The van der Waals surface area contributed by atoms with Gasteiger partial charge in [-0.1, -0.05) is 15.9 Å². The van der Waals surface area contributed by atoms with Crippen molar-refractivity contribution in [3.63, 3.8) is 0 Å². The molecule has 0 amide bonds. The molecule has 0 saturated heterocycles. The molecule has 0 aliphatic heterocycles. The zero-order valence-corrected chi connectivity index (χ0v) is 16.3. The molecule has 0 fully saturated rings. The Hall–Kier alpha value is -3.15. The normalized spacial score (nSPS) is 12.9. The summed E-state index contributed by atoms with van der Waals surface area (Å²) >= 11 is 3.13. The predicted molar refractivity (Wildman–Crippen MR) is 101 cm³/mol. The molecule has 1 N–H and O–H groups in total. The molecule has 3 heterocycles. The third-order valence-corrected chi connectivity index (χ3v) is 4.52. The van der Waals surface area contributed by atoms with Crippen molar-refractivity contribution in [2.45, 2.75) is 19.1 Å². The van der Waals surface area contributed by atoms with Crippen LogP contribution in [-0.2, 0) is 6.18 Å². The Bertz CT molecular complexity index is 1160. The fourth-order valence-electron chi connectivity index (χ4n) is 2.83. The van der Waals surface area contributed by atoms with Gasteiger partial charge >= 0.3 is 6.18 Å². The Balaban J connectivity index is 1.75. The first-order valence-electron chi connectivity index (χ1n) is 8.30. The van der Waals surface area contributed by atoms with E-state index in [0.717, 1.165) is 12.4 Å². The summed E-state index contributed by atoms with van der Waals surface area (Å²) in [6.07, 6.45) is 1.02. The van der Waals surface area contributed by atoms with E-state index in [9.17, 15) is 13.2 Å². The summed E-state index contributed by atoms with van der Waals surface area (Å²) < 4.78 is 42.0. The Morgan fingerprint density at radius 2 is 1.79 bits per heavy atom. The standard InChI is InChI=1S/C17H12BrF3N8/c1-9(15-26-8-27-29(15)16-22-3-2-4-23-16)28-14-11-5-10(18)6-12(17(19,20)21)13(11)24-7-25-14/h2-9H,1H3,(H,24,25,28). The fraction of sp³-hybridized carbons (Fsp3) is 0.176. The molecule has 0 aliphatic rings. The smallest absolute Gasteiger partial charge is 0.360 e. The Kier molecular flexibility index (Phi) is 4.86. The molecular weight excluding hydrogens is 453 g/mol. The topological polar surface area (TPSA) is 94.3 Å². The molecule has 0 bridgehead atoms. The molecule has 0 spiro atoms. The minimum absolute atomic E-state index is 0.196. The number of hydrogen-bond acceptors (Lipinski definition) is 7. The number of anilines is 1. The number of nitrogens with zero attached hydrogens (tertiary/aromatic N) is 7. The van der Waals surface area contributed by atoms with Crippen molar-refractivity contribution >= 4 is 32.7 Å². The molecule has 4 aromatic rings. The molecular formula is C17H12BrF3N8. The van der Waals surface area contributed by atoms with Crippen LogP contribution in [0.2, 0.25) is 0 Å².